The molecule has 19 heavy (non-hydrogen) atoms. The van der Waals surface area contributed by atoms with Gasteiger partial charge in [0.2, 0.25) is 4.80 Å². The van der Waals surface area contributed by atoms with Gasteiger partial charge in [0.15, 0.2) is 0 Å². The van der Waals surface area contributed by atoms with E-state index in [4.69, 9.17) is 0 Å². The number of aromatic nitrogens is 1. The lowest BCUT2D eigenvalue weighted by atomic mass is 10.2. The number of hydrogen-bond acceptors (Lipinski definition) is 4. The molecule has 0 saturated carbocycles. The van der Waals surface area contributed by atoms with E-state index in [-0.39, 0.29) is 5.00 Å². The summed E-state index contributed by atoms with van der Waals surface area (Å²) in [5.74, 6) is 0. The van der Waals surface area contributed by atoms with Gasteiger partial charge >= 0.3 is 11.0 Å². The number of carbonyl (C=O) groups is 1. The van der Waals surface area contributed by atoms with Gasteiger partial charge in [0.05, 0.1) is 11.1 Å². The van der Waals surface area contributed by atoms with Crippen LogP contribution in [0.5, 0.6) is 0 Å². The highest BCUT2D eigenvalue weighted by molar-refractivity contribution is 7.12. The molecule has 0 spiro atoms. The highest BCUT2D eigenvalue weighted by Crippen LogP contribution is 2.14. The standard InChI is InChI=1S/C11H18N4O3S/c1-3-5-6-7-14-8-9(15(17)18)19-11(14)13-10(16)12-4-2/h8H,3-7H2,1-2H3,(H,12,16). The molecule has 1 rings (SSSR count). The molecule has 0 aliphatic heterocycles. The monoisotopic (exact) mass is 286 g/mol. The van der Waals surface area contributed by atoms with Crippen LogP contribution < -0.4 is 10.1 Å². The summed E-state index contributed by atoms with van der Waals surface area (Å²) in [6.45, 7) is 4.99. The summed E-state index contributed by atoms with van der Waals surface area (Å²) in [4.78, 5) is 26.0. The van der Waals surface area contributed by atoms with Crippen molar-refractivity contribution in [3.63, 3.8) is 0 Å². The Balaban J connectivity index is 2.98. The number of carbonyl (C=O) groups excluding carboxylic acids is 1. The molecule has 0 aromatic carbocycles. The predicted octanol–water partition coefficient (Wildman–Crippen LogP) is 2.28. The molecule has 0 saturated heterocycles. The Morgan fingerprint density at radius 3 is 2.84 bits per heavy atom. The molecule has 1 heterocycles. The van der Waals surface area contributed by atoms with E-state index in [0.29, 0.717) is 17.9 Å². The van der Waals surface area contributed by atoms with Crippen molar-refractivity contribution >= 4 is 22.4 Å². The van der Waals surface area contributed by atoms with E-state index in [1.54, 1.807) is 11.5 Å². The van der Waals surface area contributed by atoms with Crippen molar-refractivity contribution < 1.29 is 9.72 Å². The van der Waals surface area contributed by atoms with Crippen LogP contribution in [0.25, 0.3) is 0 Å². The molecule has 0 unspecified atom stereocenters. The number of nitrogens with zero attached hydrogens (tertiary/aromatic N) is 3. The van der Waals surface area contributed by atoms with Gasteiger partial charge < -0.3 is 9.88 Å². The lowest BCUT2D eigenvalue weighted by Gasteiger charge is -2.00. The zero-order valence-corrected chi connectivity index (χ0v) is 11.9. The lowest BCUT2D eigenvalue weighted by molar-refractivity contribution is -0.380. The Bertz CT molecular complexity index is 506. The quantitative estimate of drug-likeness (QED) is 0.494. The molecule has 1 aromatic rings. The molecule has 2 amide bonds. The van der Waals surface area contributed by atoms with Crippen LogP contribution in [-0.4, -0.2) is 22.1 Å². The average molecular weight is 286 g/mol. The normalized spacial score (nSPS) is 11.6. The van der Waals surface area contributed by atoms with Crippen LogP contribution in [0, 0.1) is 10.1 Å². The number of nitrogens with one attached hydrogen (secondary N) is 1. The van der Waals surface area contributed by atoms with Crippen molar-refractivity contribution in [1.82, 2.24) is 9.88 Å². The minimum absolute atomic E-state index is 0.000420. The van der Waals surface area contributed by atoms with Crippen LogP contribution in [0.4, 0.5) is 9.80 Å². The van der Waals surface area contributed by atoms with Crippen molar-refractivity contribution in [3.8, 4) is 0 Å². The maximum Gasteiger partial charge on any atom is 0.343 e. The molecule has 0 aliphatic carbocycles. The predicted molar refractivity (Wildman–Crippen MR) is 73.1 cm³/mol. The lowest BCUT2D eigenvalue weighted by Crippen LogP contribution is -2.24. The minimum Gasteiger partial charge on any atom is -0.336 e. The molecular formula is C11H18N4O3S. The van der Waals surface area contributed by atoms with Gasteiger partial charge in [-0.1, -0.05) is 19.8 Å². The van der Waals surface area contributed by atoms with Gasteiger partial charge in [-0.25, -0.2) is 4.79 Å². The number of hydrogen-bond donors (Lipinski definition) is 1. The fraction of sp³-hybridized carbons (Fsp3) is 0.636. The smallest absolute Gasteiger partial charge is 0.336 e. The summed E-state index contributed by atoms with van der Waals surface area (Å²) < 4.78 is 1.67. The second-order valence-corrected chi connectivity index (χ2v) is 4.94. The fourth-order valence-electron chi connectivity index (χ4n) is 1.51. The second-order valence-electron chi connectivity index (χ2n) is 3.96. The topological polar surface area (TPSA) is 89.5 Å². The molecule has 0 aliphatic rings. The van der Waals surface area contributed by atoms with Crippen molar-refractivity contribution in [3.05, 3.63) is 21.1 Å². The second kappa shape index (κ2) is 7.67. The first kappa shape index (κ1) is 15.4. The maximum atomic E-state index is 11.4. The van der Waals surface area contributed by atoms with E-state index in [1.165, 1.54) is 6.20 Å². The Morgan fingerprint density at radius 2 is 2.26 bits per heavy atom. The number of thiazole rings is 1. The fourth-order valence-corrected chi connectivity index (χ4v) is 2.34. The van der Waals surface area contributed by atoms with Crippen molar-refractivity contribution in [2.75, 3.05) is 6.54 Å². The highest BCUT2D eigenvalue weighted by atomic mass is 32.1. The molecule has 0 fully saturated rings. The largest absolute Gasteiger partial charge is 0.343 e. The van der Waals surface area contributed by atoms with Crippen LogP contribution in [0.15, 0.2) is 11.2 Å². The third kappa shape index (κ3) is 4.82. The maximum absolute atomic E-state index is 11.4. The molecule has 1 N–H and O–H groups in total. The van der Waals surface area contributed by atoms with E-state index in [0.717, 1.165) is 30.6 Å². The van der Waals surface area contributed by atoms with E-state index in [1.807, 2.05) is 0 Å². The van der Waals surface area contributed by atoms with Gasteiger partial charge in [0.25, 0.3) is 0 Å². The summed E-state index contributed by atoms with van der Waals surface area (Å²) in [6, 6.07) is -0.469. The Hall–Kier alpha value is -1.70. The highest BCUT2D eigenvalue weighted by Gasteiger charge is 2.12. The first-order valence-corrected chi connectivity index (χ1v) is 7.07. The van der Waals surface area contributed by atoms with Gasteiger partial charge in [-0.3, -0.25) is 10.1 Å². The zero-order chi connectivity index (χ0) is 14.3. The molecule has 8 heteroatoms. The first-order valence-electron chi connectivity index (χ1n) is 6.25. The number of amides is 2. The van der Waals surface area contributed by atoms with E-state index in [9.17, 15) is 14.9 Å². The van der Waals surface area contributed by atoms with Crippen LogP contribution in [-0.2, 0) is 6.54 Å². The molecule has 106 valence electrons. The van der Waals surface area contributed by atoms with E-state index >= 15 is 0 Å². The number of nitro groups is 1. The van der Waals surface area contributed by atoms with E-state index in [2.05, 4.69) is 17.2 Å². The third-order valence-electron chi connectivity index (χ3n) is 2.42. The van der Waals surface area contributed by atoms with Gasteiger partial charge in [0.1, 0.15) is 0 Å². The number of rotatable bonds is 6. The third-order valence-corrected chi connectivity index (χ3v) is 3.39. The molecule has 1 aromatic heterocycles. The van der Waals surface area contributed by atoms with Crippen molar-refractivity contribution in [1.29, 1.82) is 0 Å². The van der Waals surface area contributed by atoms with Gasteiger partial charge in [0, 0.05) is 13.1 Å². The number of unbranched alkanes of at least 4 members (excludes halogenated alkanes) is 2. The van der Waals surface area contributed by atoms with E-state index < -0.39 is 11.0 Å². The Kier molecular flexibility index (Phi) is 6.20. The van der Waals surface area contributed by atoms with Crippen molar-refractivity contribution in [2.45, 2.75) is 39.7 Å². The summed E-state index contributed by atoms with van der Waals surface area (Å²) in [7, 11) is 0. The van der Waals surface area contributed by atoms with Gasteiger partial charge in [-0.2, -0.15) is 4.99 Å². The Labute approximate surface area is 115 Å². The van der Waals surface area contributed by atoms with Crippen molar-refractivity contribution in [2.24, 2.45) is 4.99 Å². The number of urea groups is 1. The summed E-state index contributed by atoms with van der Waals surface area (Å²) in [6.07, 6.45) is 4.46. The van der Waals surface area contributed by atoms with Crippen LogP contribution in [0.2, 0.25) is 0 Å². The molecular weight excluding hydrogens is 268 g/mol. The van der Waals surface area contributed by atoms with Crippen LogP contribution in [0.3, 0.4) is 0 Å². The molecule has 0 atom stereocenters. The SMILES string of the molecule is CCCCCn1cc([N+](=O)[O-])sc1=NC(=O)NCC. The molecule has 0 bridgehead atoms. The molecule has 7 nitrogen and oxygen atoms in total. The summed E-state index contributed by atoms with van der Waals surface area (Å²) >= 11 is 0.916. The first-order chi connectivity index (χ1) is 9.08. The number of aryl methyl sites for hydroxylation is 1. The zero-order valence-electron chi connectivity index (χ0n) is 11.1. The van der Waals surface area contributed by atoms with Crippen LogP contribution in [0.1, 0.15) is 33.1 Å². The molecule has 0 radical (unpaired) electrons. The Morgan fingerprint density at radius 1 is 1.53 bits per heavy atom. The van der Waals surface area contributed by atoms with Crippen LogP contribution >= 0.6 is 11.3 Å². The van der Waals surface area contributed by atoms with Gasteiger partial charge in [-0.05, 0) is 24.7 Å². The minimum atomic E-state index is -0.469. The summed E-state index contributed by atoms with van der Waals surface area (Å²) in [5.41, 5.74) is 0. The summed E-state index contributed by atoms with van der Waals surface area (Å²) in [5, 5.41) is 13.3. The van der Waals surface area contributed by atoms with Gasteiger partial charge in [-0.15, -0.1) is 0 Å². The average Bonchev–Trinajstić information content (AvgIpc) is 2.73.